The van der Waals surface area contributed by atoms with Gasteiger partial charge in [-0.3, -0.25) is 0 Å². The van der Waals surface area contributed by atoms with E-state index in [2.05, 4.69) is 26.2 Å². The molecular formula is C14H23BrIN3O2. The van der Waals surface area contributed by atoms with Crippen LogP contribution in [0.15, 0.2) is 27.7 Å². The quantitative estimate of drug-likeness (QED) is 0.265. The molecular weight excluding hydrogens is 449 g/mol. The Morgan fingerprint density at radius 1 is 1.43 bits per heavy atom. The highest BCUT2D eigenvalue weighted by atomic mass is 127. The predicted molar refractivity (Wildman–Crippen MR) is 101 cm³/mol. The van der Waals surface area contributed by atoms with Crippen LogP contribution in [0.2, 0.25) is 0 Å². The van der Waals surface area contributed by atoms with Crippen LogP contribution in [0.3, 0.4) is 0 Å². The summed E-state index contributed by atoms with van der Waals surface area (Å²) in [5.41, 5.74) is 6.86. The molecule has 0 radical (unpaired) electrons. The molecule has 0 saturated carbocycles. The third-order valence-electron chi connectivity index (χ3n) is 2.62. The van der Waals surface area contributed by atoms with Gasteiger partial charge in [0.1, 0.15) is 5.75 Å². The fraction of sp³-hybridized carbons (Fsp3) is 0.500. The van der Waals surface area contributed by atoms with Gasteiger partial charge in [0.15, 0.2) is 5.96 Å². The third-order valence-corrected chi connectivity index (χ3v) is 3.24. The fourth-order valence-electron chi connectivity index (χ4n) is 1.58. The van der Waals surface area contributed by atoms with E-state index in [0.717, 1.165) is 42.0 Å². The van der Waals surface area contributed by atoms with Gasteiger partial charge in [-0.15, -0.1) is 24.0 Å². The Morgan fingerprint density at radius 3 is 2.81 bits per heavy atom. The molecule has 1 rings (SSSR count). The minimum atomic E-state index is 0. The van der Waals surface area contributed by atoms with E-state index in [9.17, 15) is 0 Å². The molecule has 3 N–H and O–H groups in total. The summed E-state index contributed by atoms with van der Waals surface area (Å²) >= 11 is 3.45. The first kappa shape index (κ1) is 20.5. The van der Waals surface area contributed by atoms with E-state index in [1.165, 1.54) is 0 Å². The van der Waals surface area contributed by atoms with Gasteiger partial charge in [0.2, 0.25) is 0 Å². The van der Waals surface area contributed by atoms with Gasteiger partial charge < -0.3 is 20.5 Å². The summed E-state index contributed by atoms with van der Waals surface area (Å²) in [5.74, 6) is 1.26. The Balaban J connectivity index is 0.00000400. The Labute approximate surface area is 151 Å². The minimum Gasteiger partial charge on any atom is -0.496 e. The van der Waals surface area contributed by atoms with Crippen molar-refractivity contribution in [1.82, 2.24) is 5.32 Å². The molecule has 0 heterocycles. The molecule has 120 valence electrons. The van der Waals surface area contributed by atoms with Gasteiger partial charge in [-0.1, -0.05) is 6.07 Å². The van der Waals surface area contributed by atoms with Crippen LogP contribution < -0.4 is 15.8 Å². The number of nitrogens with zero attached hydrogens (tertiary/aromatic N) is 1. The van der Waals surface area contributed by atoms with E-state index in [-0.39, 0.29) is 24.0 Å². The number of ether oxygens (including phenoxy) is 2. The maximum Gasteiger partial charge on any atom is 0.188 e. The van der Waals surface area contributed by atoms with Crippen molar-refractivity contribution >= 4 is 45.9 Å². The average molecular weight is 472 g/mol. The summed E-state index contributed by atoms with van der Waals surface area (Å²) in [5, 5.41) is 3.06. The number of aliphatic imine (C=N–C) groups is 1. The second kappa shape index (κ2) is 12.0. The number of nitrogens with two attached hydrogens (primary N) is 1. The summed E-state index contributed by atoms with van der Waals surface area (Å²) in [6.45, 7) is 4.77. The van der Waals surface area contributed by atoms with Crippen LogP contribution in [0.25, 0.3) is 0 Å². The number of methoxy groups -OCH3 is 1. The molecule has 0 atom stereocenters. The normalized spacial score (nSPS) is 10.9. The lowest BCUT2D eigenvalue weighted by Gasteiger charge is -2.07. The Kier molecular flexibility index (Phi) is 11.7. The van der Waals surface area contributed by atoms with E-state index in [1.54, 1.807) is 7.11 Å². The molecule has 0 spiro atoms. The number of hydrogen-bond donors (Lipinski definition) is 2. The summed E-state index contributed by atoms with van der Waals surface area (Å²) in [6.07, 6.45) is 0.915. The first-order chi connectivity index (χ1) is 9.67. The number of nitrogens with one attached hydrogen (secondary N) is 1. The summed E-state index contributed by atoms with van der Waals surface area (Å²) < 4.78 is 11.3. The lowest BCUT2D eigenvalue weighted by Crippen LogP contribution is -2.32. The Bertz CT molecular complexity index is 444. The zero-order valence-corrected chi connectivity index (χ0v) is 16.3. The predicted octanol–water partition coefficient (Wildman–Crippen LogP) is 2.91. The molecule has 0 aliphatic rings. The highest BCUT2D eigenvalue weighted by Crippen LogP contribution is 2.25. The van der Waals surface area contributed by atoms with Crippen molar-refractivity contribution in [2.24, 2.45) is 10.7 Å². The molecule has 1 aromatic carbocycles. The van der Waals surface area contributed by atoms with E-state index in [1.807, 2.05) is 25.1 Å². The number of guanidine groups is 1. The van der Waals surface area contributed by atoms with Gasteiger partial charge in [-0.25, -0.2) is 4.99 Å². The molecule has 0 aromatic heterocycles. The molecule has 0 aliphatic heterocycles. The lowest BCUT2D eigenvalue weighted by atomic mass is 10.2. The molecule has 0 fully saturated rings. The maximum absolute atomic E-state index is 5.79. The van der Waals surface area contributed by atoms with Crippen molar-refractivity contribution in [2.75, 3.05) is 26.9 Å². The monoisotopic (exact) mass is 471 g/mol. The first-order valence-corrected chi connectivity index (χ1v) is 7.40. The zero-order chi connectivity index (χ0) is 14.8. The van der Waals surface area contributed by atoms with Crippen LogP contribution in [0.4, 0.5) is 0 Å². The SMILES string of the molecule is CCOCCCNC(N)=NCc1ccc(OC)c(Br)c1.I. The second-order valence-corrected chi connectivity index (χ2v) is 5.00. The van der Waals surface area contributed by atoms with Crippen LogP contribution >= 0.6 is 39.9 Å². The van der Waals surface area contributed by atoms with Crippen LogP contribution in [0, 0.1) is 0 Å². The van der Waals surface area contributed by atoms with Crippen LogP contribution in [0.1, 0.15) is 18.9 Å². The van der Waals surface area contributed by atoms with Crippen LogP contribution in [-0.4, -0.2) is 32.8 Å². The van der Waals surface area contributed by atoms with Gasteiger partial charge in [0, 0.05) is 19.8 Å². The number of halogens is 2. The summed E-state index contributed by atoms with van der Waals surface area (Å²) in [7, 11) is 1.64. The highest BCUT2D eigenvalue weighted by molar-refractivity contribution is 14.0. The van der Waals surface area contributed by atoms with Gasteiger partial charge in [0.05, 0.1) is 18.1 Å². The molecule has 0 amide bonds. The first-order valence-electron chi connectivity index (χ1n) is 6.61. The average Bonchev–Trinajstić information content (AvgIpc) is 2.45. The minimum absolute atomic E-state index is 0. The van der Waals surface area contributed by atoms with Crippen molar-refractivity contribution in [3.05, 3.63) is 28.2 Å². The van der Waals surface area contributed by atoms with Crippen molar-refractivity contribution in [1.29, 1.82) is 0 Å². The Hall–Kier alpha value is -0.540. The molecule has 7 heteroatoms. The van der Waals surface area contributed by atoms with Crippen LogP contribution in [0.5, 0.6) is 5.75 Å². The van der Waals surface area contributed by atoms with Crippen molar-refractivity contribution < 1.29 is 9.47 Å². The lowest BCUT2D eigenvalue weighted by molar-refractivity contribution is 0.145. The molecule has 0 unspecified atom stereocenters. The number of rotatable bonds is 8. The molecule has 21 heavy (non-hydrogen) atoms. The van der Waals surface area contributed by atoms with Gasteiger partial charge in [-0.2, -0.15) is 0 Å². The van der Waals surface area contributed by atoms with Gasteiger partial charge in [-0.05, 0) is 47.0 Å². The number of hydrogen-bond acceptors (Lipinski definition) is 3. The zero-order valence-electron chi connectivity index (χ0n) is 12.4. The second-order valence-electron chi connectivity index (χ2n) is 4.15. The molecule has 1 aromatic rings. The van der Waals surface area contributed by atoms with E-state index >= 15 is 0 Å². The number of benzene rings is 1. The van der Waals surface area contributed by atoms with Crippen molar-refractivity contribution in [2.45, 2.75) is 19.9 Å². The van der Waals surface area contributed by atoms with E-state index in [0.29, 0.717) is 12.5 Å². The standard InChI is InChI=1S/C14H22BrN3O2.HI/c1-3-20-8-4-7-17-14(16)18-10-11-5-6-13(19-2)12(15)9-11;/h5-6,9H,3-4,7-8,10H2,1-2H3,(H3,16,17,18);1H. The molecule has 0 saturated heterocycles. The highest BCUT2D eigenvalue weighted by Gasteiger charge is 2.01. The summed E-state index contributed by atoms with van der Waals surface area (Å²) in [4.78, 5) is 4.29. The third kappa shape index (κ3) is 8.47. The van der Waals surface area contributed by atoms with Gasteiger partial charge >= 0.3 is 0 Å². The maximum atomic E-state index is 5.79. The van der Waals surface area contributed by atoms with Crippen molar-refractivity contribution in [3.63, 3.8) is 0 Å². The largest absolute Gasteiger partial charge is 0.496 e. The topological polar surface area (TPSA) is 68.9 Å². The molecule has 0 aliphatic carbocycles. The fourth-order valence-corrected chi connectivity index (χ4v) is 2.16. The van der Waals surface area contributed by atoms with Crippen molar-refractivity contribution in [3.8, 4) is 5.75 Å². The smallest absolute Gasteiger partial charge is 0.188 e. The summed E-state index contributed by atoms with van der Waals surface area (Å²) in [6, 6.07) is 5.85. The van der Waals surface area contributed by atoms with E-state index in [4.69, 9.17) is 15.2 Å². The van der Waals surface area contributed by atoms with Gasteiger partial charge in [0.25, 0.3) is 0 Å². The van der Waals surface area contributed by atoms with E-state index < -0.39 is 0 Å². The Morgan fingerprint density at radius 2 is 2.19 bits per heavy atom. The van der Waals surface area contributed by atoms with Crippen LogP contribution in [-0.2, 0) is 11.3 Å². The molecule has 5 nitrogen and oxygen atoms in total. The molecule has 0 bridgehead atoms.